The van der Waals surface area contributed by atoms with E-state index >= 15 is 0 Å². The summed E-state index contributed by atoms with van der Waals surface area (Å²) in [6.45, 7) is 2.73. The molecule has 2 saturated heterocycles. The highest BCUT2D eigenvalue weighted by atomic mass is 32.2. The maximum atomic E-state index is 13.0. The maximum absolute atomic E-state index is 13.0. The van der Waals surface area contributed by atoms with Crippen LogP contribution in [-0.2, 0) is 14.8 Å². The third kappa shape index (κ3) is 3.74. The Balaban J connectivity index is 1.89. The minimum Gasteiger partial charge on any atom is -0.343 e. The number of nitrogens with zero attached hydrogens (tertiary/aromatic N) is 3. The largest absolute Gasteiger partial charge is 0.343 e. The summed E-state index contributed by atoms with van der Waals surface area (Å²) < 4.78 is 27.3. The third-order valence-corrected chi connectivity index (χ3v) is 7.55. The number of benzene rings is 1. The number of rotatable bonds is 5. The van der Waals surface area contributed by atoms with E-state index in [2.05, 4.69) is 0 Å². The van der Waals surface area contributed by atoms with Gasteiger partial charge in [-0.05, 0) is 37.3 Å². The first-order valence-electron chi connectivity index (χ1n) is 8.64. The molecule has 0 N–H and O–H groups in total. The van der Waals surface area contributed by atoms with Crippen molar-refractivity contribution in [1.82, 2.24) is 14.1 Å². The molecule has 9 heteroatoms. The Morgan fingerprint density at radius 2 is 1.73 bits per heavy atom. The molecule has 0 unspecified atom stereocenters. The van der Waals surface area contributed by atoms with Crippen LogP contribution in [-0.4, -0.2) is 80.4 Å². The Hall–Kier alpha value is -1.58. The van der Waals surface area contributed by atoms with Crippen molar-refractivity contribution in [2.45, 2.75) is 22.6 Å². The molecule has 1 aromatic rings. The van der Waals surface area contributed by atoms with Crippen molar-refractivity contribution >= 4 is 34.1 Å². The molecule has 0 spiro atoms. The number of hydrogen-bond acceptors (Lipinski definition) is 5. The van der Waals surface area contributed by atoms with Gasteiger partial charge in [-0.15, -0.1) is 11.8 Å². The lowest BCUT2D eigenvalue weighted by molar-refractivity contribution is -0.119. The molecule has 2 heterocycles. The van der Waals surface area contributed by atoms with Crippen LogP contribution >= 0.6 is 11.8 Å². The van der Waals surface area contributed by atoms with Crippen molar-refractivity contribution in [1.29, 1.82) is 0 Å². The number of amides is 2. The van der Waals surface area contributed by atoms with E-state index in [0.29, 0.717) is 18.7 Å². The second-order valence-electron chi connectivity index (χ2n) is 6.41. The number of hydrogen-bond donors (Lipinski definition) is 0. The first kappa shape index (κ1) is 19.2. The zero-order valence-electron chi connectivity index (χ0n) is 14.8. The van der Waals surface area contributed by atoms with Crippen LogP contribution in [0.25, 0.3) is 0 Å². The molecule has 2 aliphatic heterocycles. The van der Waals surface area contributed by atoms with E-state index < -0.39 is 10.0 Å². The van der Waals surface area contributed by atoms with E-state index in [-0.39, 0.29) is 23.9 Å². The smallest absolute Gasteiger partial charge is 0.255 e. The quantitative estimate of drug-likeness (QED) is 0.549. The standard InChI is InChI=1S/C17H23N3O4S2/c1-25-16-5-4-14(12-15(16)17(22)19-6-2-3-7-19)26(23,24)20-10-8-18(13-21)9-11-20/h4-5,12-13H,2-3,6-11H2,1H3. The summed E-state index contributed by atoms with van der Waals surface area (Å²) in [5.74, 6) is -0.102. The predicted octanol–water partition coefficient (Wildman–Crippen LogP) is 1.11. The number of piperazine rings is 1. The summed E-state index contributed by atoms with van der Waals surface area (Å²) in [4.78, 5) is 27.9. The molecule has 0 saturated carbocycles. The molecule has 0 aromatic heterocycles. The average Bonchev–Trinajstić information content (AvgIpc) is 3.21. The first-order valence-corrected chi connectivity index (χ1v) is 11.3. The van der Waals surface area contributed by atoms with Gasteiger partial charge in [0.05, 0.1) is 10.5 Å². The lowest BCUT2D eigenvalue weighted by atomic mass is 10.2. The molecule has 0 bridgehead atoms. The van der Waals surface area contributed by atoms with Crippen LogP contribution in [0.5, 0.6) is 0 Å². The summed E-state index contributed by atoms with van der Waals surface area (Å²) in [7, 11) is -3.69. The van der Waals surface area contributed by atoms with E-state index in [1.807, 2.05) is 6.26 Å². The molecule has 7 nitrogen and oxygen atoms in total. The third-order valence-electron chi connectivity index (χ3n) is 4.85. The Labute approximate surface area is 158 Å². The lowest BCUT2D eigenvalue weighted by Crippen LogP contribution is -2.48. The first-order chi connectivity index (χ1) is 12.5. The number of sulfonamides is 1. The number of likely N-dealkylation sites (tertiary alicyclic amines) is 1. The van der Waals surface area contributed by atoms with Gasteiger partial charge in [0.25, 0.3) is 5.91 Å². The van der Waals surface area contributed by atoms with Crippen LogP contribution in [0.4, 0.5) is 0 Å². The minimum absolute atomic E-state index is 0.102. The van der Waals surface area contributed by atoms with Gasteiger partial charge in [0.15, 0.2) is 0 Å². The number of carbonyl (C=O) groups is 2. The molecule has 2 aliphatic rings. The van der Waals surface area contributed by atoms with E-state index in [0.717, 1.165) is 37.2 Å². The van der Waals surface area contributed by atoms with Crippen LogP contribution < -0.4 is 0 Å². The predicted molar refractivity (Wildman–Crippen MR) is 99.8 cm³/mol. The Morgan fingerprint density at radius 3 is 2.31 bits per heavy atom. The van der Waals surface area contributed by atoms with Gasteiger partial charge in [-0.25, -0.2) is 8.42 Å². The van der Waals surface area contributed by atoms with E-state index in [4.69, 9.17) is 0 Å². The van der Waals surface area contributed by atoms with E-state index in [9.17, 15) is 18.0 Å². The minimum atomic E-state index is -3.69. The fourth-order valence-electron chi connectivity index (χ4n) is 3.30. The van der Waals surface area contributed by atoms with Crippen LogP contribution in [0.2, 0.25) is 0 Å². The van der Waals surface area contributed by atoms with Crippen molar-refractivity contribution in [3.05, 3.63) is 23.8 Å². The second-order valence-corrected chi connectivity index (χ2v) is 9.19. The van der Waals surface area contributed by atoms with Crippen LogP contribution in [0, 0.1) is 0 Å². The van der Waals surface area contributed by atoms with Crippen molar-refractivity contribution < 1.29 is 18.0 Å². The van der Waals surface area contributed by atoms with Gasteiger partial charge >= 0.3 is 0 Å². The molecule has 1 aromatic carbocycles. The summed E-state index contributed by atoms with van der Waals surface area (Å²) in [6, 6.07) is 4.78. The molecule has 0 radical (unpaired) electrons. The molecule has 26 heavy (non-hydrogen) atoms. The monoisotopic (exact) mass is 397 g/mol. The number of carbonyl (C=O) groups excluding carboxylic acids is 2. The fraction of sp³-hybridized carbons (Fsp3) is 0.529. The van der Waals surface area contributed by atoms with Crippen LogP contribution in [0.3, 0.4) is 0 Å². The molecular formula is C17H23N3O4S2. The summed E-state index contributed by atoms with van der Waals surface area (Å²) in [6.07, 6.45) is 4.59. The van der Waals surface area contributed by atoms with Gasteiger partial charge in [-0.2, -0.15) is 4.31 Å². The van der Waals surface area contributed by atoms with Crippen LogP contribution in [0.15, 0.2) is 28.0 Å². The van der Waals surface area contributed by atoms with E-state index in [1.54, 1.807) is 21.9 Å². The molecule has 3 rings (SSSR count). The van der Waals surface area contributed by atoms with Crippen molar-refractivity contribution in [3.8, 4) is 0 Å². The highest BCUT2D eigenvalue weighted by molar-refractivity contribution is 7.98. The second kappa shape index (κ2) is 7.98. The van der Waals surface area contributed by atoms with E-state index in [1.165, 1.54) is 22.1 Å². The van der Waals surface area contributed by atoms with Crippen molar-refractivity contribution in [2.75, 3.05) is 45.5 Å². The average molecular weight is 398 g/mol. The zero-order valence-corrected chi connectivity index (χ0v) is 16.4. The highest BCUT2D eigenvalue weighted by Gasteiger charge is 2.30. The Morgan fingerprint density at radius 1 is 1.08 bits per heavy atom. The van der Waals surface area contributed by atoms with Gasteiger partial charge in [-0.1, -0.05) is 0 Å². The topological polar surface area (TPSA) is 78.0 Å². The molecule has 2 fully saturated rings. The maximum Gasteiger partial charge on any atom is 0.255 e. The van der Waals surface area contributed by atoms with Gasteiger partial charge < -0.3 is 9.80 Å². The summed E-state index contributed by atoms with van der Waals surface area (Å²) in [5, 5.41) is 0. The fourth-order valence-corrected chi connectivity index (χ4v) is 5.32. The summed E-state index contributed by atoms with van der Waals surface area (Å²) in [5.41, 5.74) is 0.451. The molecule has 2 amide bonds. The van der Waals surface area contributed by atoms with Gasteiger partial charge in [0.1, 0.15) is 0 Å². The van der Waals surface area contributed by atoms with Gasteiger partial charge in [-0.3, -0.25) is 9.59 Å². The molecular weight excluding hydrogens is 374 g/mol. The Bertz CT molecular complexity index is 783. The molecule has 0 atom stereocenters. The SMILES string of the molecule is CSc1ccc(S(=O)(=O)N2CCN(C=O)CC2)cc1C(=O)N1CCCC1. The number of thioether (sulfide) groups is 1. The lowest BCUT2D eigenvalue weighted by Gasteiger charge is -2.31. The van der Waals surface area contributed by atoms with Gasteiger partial charge in [0.2, 0.25) is 16.4 Å². The summed E-state index contributed by atoms with van der Waals surface area (Å²) >= 11 is 1.44. The molecule has 142 valence electrons. The van der Waals surface area contributed by atoms with Crippen LogP contribution in [0.1, 0.15) is 23.2 Å². The molecule has 0 aliphatic carbocycles. The van der Waals surface area contributed by atoms with Gasteiger partial charge in [0, 0.05) is 44.2 Å². The normalized spacial score (nSPS) is 19.0. The Kier molecular flexibility index (Phi) is 5.89. The van der Waals surface area contributed by atoms with Crippen molar-refractivity contribution in [2.24, 2.45) is 0 Å². The highest BCUT2D eigenvalue weighted by Crippen LogP contribution is 2.28. The zero-order chi connectivity index (χ0) is 18.7. The van der Waals surface area contributed by atoms with Crippen molar-refractivity contribution in [3.63, 3.8) is 0 Å².